The highest BCUT2D eigenvalue weighted by Gasteiger charge is 2.75. The highest BCUT2D eigenvalue weighted by atomic mass is 32.2. The van der Waals surface area contributed by atoms with E-state index in [2.05, 4.69) is 4.74 Å². The molecule has 0 amide bonds. The Labute approximate surface area is 143 Å². The molecule has 0 bridgehead atoms. The Kier molecular flexibility index (Phi) is 5.60. The van der Waals surface area contributed by atoms with Gasteiger partial charge in [-0.25, -0.2) is 13.2 Å². The Morgan fingerprint density at radius 3 is 1.77 bits per heavy atom. The number of ether oxygens (including phenoxy) is 1. The minimum Gasteiger partial charge on any atom is -0.748 e. The molecule has 0 fully saturated rings. The summed E-state index contributed by atoms with van der Waals surface area (Å²) in [6, 6.07) is 1.49. The van der Waals surface area contributed by atoms with Crippen LogP contribution in [-0.2, 0) is 14.9 Å². The summed E-state index contributed by atoms with van der Waals surface area (Å²) in [5.74, 6) is -5.61. The second-order valence-electron chi connectivity index (χ2n) is 5.37. The van der Waals surface area contributed by atoms with Gasteiger partial charge in [0.2, 0.25) is 0 Å². The third-order valence-corrected chi connectivity index (χ3v) is 4.05. The van der Waals surface area contributed by atoms with E-state index in [1.807, 2.05) is 0 Å². The molecule has 0 heterocycles. The highest BCUT2D eigenvalue weighted by molar-refractivity contribution is 7.85. The van der Waals surface area contributed by atoms with Crippen molar-refractivity contribution in [2.45, 2.75) is 31.8 Å². The molecule has 1 aromatic rings. The average molecular weight is 409 g/mol. The first-order chi connectivity index (χ1) is 11.4. The number of aryl methyl sites for hydroxylation is 2. The zero-order chi connectivity index (χ0) is 20.7. The molecule has 6 nitrogen and oxygen atoms in total. The molecule has 0 saturated heterocycles. The zero-order valence-electron chi connectivity index (χ0n) is 13.0. The van der Waals surface area contributed by atoms with Gasteiger partial charge in [-0.1, -0.05) is 0 Å². The molecule has 0 unspecified atom stereocenters. The van der Waals surface area contributed by atoms with Crippen molar-refractivity contribution < 1.29 is 54.0 Å². The fourth-order valence-corrected chi connectivity index (χ4v) is 2.89. The lowest BCUT2D eigenvalue weighted by molar-refractivity contribution is -0.356. The normalized spacial score (nSPS) is 13.6. The van der Waals surface area contributed by atoms with Crippen molar-refractivity contribution in [1.82, 2.24) is 0 Å². The number of phenols is 1. The van der Waals surface area contributed by atoms with Gasteiger partial charge in [-0.3, -0.25) is 0 Å². The molecule has 0 aliphatic rings. The first-order valence-corrected chi connectivity index (χ1v) is 8.09. The van der Waals surface area contributed by atoms with Gasteiger partial charge in [-0.15, -0.1) is 0 Å². The van der Waals surface area contributed by atoms with E-state index in [-0.39, 0.29) is 16.9 Å². The van der Waals surface area contributed by atoms with Gasteiger partial charge in [-0.2, -0.15) is 26.3 Å². The maximum absolute atomic E-state index is 13.1. The molecule has 0 spiro atoms. The number of hydrogen-bond donors (Lipinski definition) is 1. The third-order valence-electron chi connectivity index (χ3n) is 3.29. The predicted molar refractivity (Wildman–Crippen MR) is 72.4 cm³/mol. The number of phenolic OH excluding ortho intramolecular Hbond substituents is 1. The number of alkyl halides is 6. The van der Waals surface area contributed by atoms with Crippen LogP contribution in [0.1, 0.15) is 21.5 Å². The van der Waals surface area contributed by atoms with E-state index >= 15 is 0 Å². The maximum atomic E-state index is 13.1. The summed E-state index contributed by atoms with van der Waals surface area (Å²) in [6.07, 6.45) is -12.9. The molecule has 0 atom stereocenters. The van der Waals surface area contributed by atoms with Gasteiger partial charge in [0.1, 0.15) is 5.75 Å². The van der Waals surface area contributed by atoms with Crippen LogP contribution in [0.4, 0.5) is 26.3 Å². The van der Waals surface area contributed by atoms with E-state index in [4.69, 9.17) is 0 Å². The molecule has 1 N–H and O–H groups in total. The molecule has 148 valence electrons. The van der Waals surface area contributed by atoms with Crippen molar-refractivity contribution in [3.05, 3.63) is 28.8 Å². The zero-order valence-corrected chi connectivity index (χ0v) is 13.8. The molecule has 1 aromatic carbocycles. The maximum Gasteiger partial charge on any atom is 0.438 e. The second kappa shape index (κ2) is 6.61. The summed E-state index contributed by atoms with van der Waals surface area (Å²) in [4.78, 5) is 11.9. The summed E-state index contributed by atoms with van der Waals surface area (Å²) in [5.41, 5.74) is -6.47. The largest absolute Gasteiger partial charge is 0.748 e. The Balaban J connectivity index is 3.53. The van der Waals surface area contributed by atoms with E-state index in [9.17, 15) is 49.2 Å². The Hall–Kier alpha value is -2.02. The summed E-state index contributed by atoms with van der Waals surface area (Å²) in [5, 5.41) is 9.52. The van der Waals surface area contributed by atoms with E-state index < -0.39 is 45.4 Å². The van der Waals surface area contributed by atoms with E-state index in [0.717, 1.165) is 12.1 Å². The number of carbonyl (C=O) groups excluding carboxylic acids is 1. The lowest BCUT2D eigenvalue weighted by atomic mass is 10.0. The van der Waals surface area contributed by atoms with Gasteiger partial charge in [0.15, 0.2) is 0 Å². The number of esters is 1. The number of rotatable bonds is 4. The SMILES string of the molecule is Cc1cc(C(=O)OC(CS(=O)(=O)[O-])(C(F)(F)F)C(F)(F)F)cc(C)c1O. The van der Waals surface area contributed by atoms with Crippen molar-refractivity contribution in [1.29, 1.82) is 0 Å². The fourth-order valence-electron chi connectivity index (χ4n) is 2.01. The topological polar surface area (TPSA) is 104 Å². The quantitative estimate of drug-likeness (QED) is 0.466. The third kappa shape index (κ3) is 4.38. The molecule has 0 aliphatic heterocycles. The van der Waals surface area contributed by atoms with Crippen molar-refractivity contribution in [3.63, 3.8) is 0 Å². The highest BCUT2D eigenvalue weighted by Crippen LogP contribution is 2.47. The number of carbonyl (C=O) groups is 1. The van der Waals surface area contributed by atoms with Crippen LogP contribution in [0.3, 0.4) is 0 Å². The smallest absolute Gasteiger partial charge is 0.438 e. The van der Waals surface area contributed by atoms with Crippen LogP contribution >= 0.6 is 0 Å². The molecule has 13 heteroatoms. The summed E-state index contributed by atoms with van der Waals surface area (Å²) in [6.45, 7) is 2.42. The molecule has 0 aromatic heterocycles. The fraction of sp³-hybridized carbons (Fsp3) is 0.462. The Bertz CT molecular complexity index is 774. The molecular weight excluding hydrogens is 398 g/mol. The number of halogens is 6. The van der Waals surface area contributed by atoms with Gasteiger partial charge in [0, 0.05) is 0 Å². The summed E-state index contributed by atoms with van der Waals surface area (Å²) >= 11 is 0. The number of hydrogen-bond acceptors (Lipinski definition) is 6. The van der Waals surface area contributed by atoms with Gasteiger partial charge in [0.25, 0.3) is 0 Å². The minimum absolute atomic E-state index is 0.0574. The van der Waals surface area contributed by atoms with Crippen molar-refractivity contribution in [2.75, 3.05) is 5.75 Å². The van der Waals surface area contributed by atoms with Crippen molar-refractivity contribution in [3.8, 4) is 5.75 Å². The standard InChI is InChI=1S/C13H12F6O6S/c1-6-3-8(4-7(2)9(6)20)10(21)25-11(12(14,15)16,13(17,18)19)5-26(22,23)24/h3-4,20H,5H2,1-2H3,(H,22,23,24)/p-1. The van der Waals surface area contributed by atoms with E-state index in [0.29, 0.717) is 0 Å². The van der Waals surface area contributed by atoms with Crippen LogP contribution in [0, 0.1) is 13.8 Å². The average Bonchev–Trinajstić information content (AvgIpc) is 2.39. The van der Waals surface area contributed by atoms with Crippen LogP contribution in [-0.4, -0.2) is 47.8 Å². The van der Waals surface area contributed by atoms with E-state index in [1.54, 1.807) is 0 Å². The van der Waals surface area contributed by atoms with Crippen LogP contribution in [0.25, 0.3) is 0 Å². The first kappa shape index (κ1) is 22.0. The van der Waals surface area contributed by atoms with Crippen molar-refractivity contribution >= 4 is 16.1 Å². The Morgan fingerprint density at radius 2 is 1.46 bits per heavy atom. The monoisotopic (exact) mass is 409 g/mol. The second-order valence-corrected chi connectivity index (χ2v) is 6.78. The van der Waals surface area contributed by atoms with Gasteiger partial charge >= 0.3 is 23.9 Å². The molecule has 0 saturated carbocycles. The van der Waals surface area contributed by atoms with Crippen LogP contribution in [0.5, 0.6) is 5.75 Å². The van der Waals surface area contributed by atoms with Crippen molar-refractivity contribution in [2.24, 2.45) is 0 Å². The van der Waals surface area contributed by atoms with Gasteiger partial charge in [0.05, 0.1) is 21.4 Å². The molecule has 1 rings (SSSR count). The Morgan fingerprint density at radius 1 is 1.08 bits per heavy atom. The van der Waals surface area contributed by atoms with E-state index in [1.165, 1.54) is 13.8 Å². The molecule has 26 heavy (non-hydrogen) atoms. The summed E-state index contributed by atoms with van der Waals surface area (Å²) in [7, 11) is -6.11. The predicted octanol–water partition coefficient (Wildman–Crippen LogP) is 2.57. The molecule has 0 radical (unpaired) electrons. The van der Waals surface area contributed by atoms with Crippen LogP contribution < -0.4 is 0 Å². The van der Waals surface area contributed by atoms with Crippen LogP contribution in [0.2, 0.25) is 0 Å². The minimum atomic E-state index is -6.45. The van der Waals surface area contributed by atoms with Crippen LogP contribution in [0.15, 0.2) is 12.1 Å². The summed E-state index contributed by atoms with van der Waals surface area (Å²) < 4.78 is 114. The van der Waals surface area contributed by atoms with Gasteiger partial charge in [-0.05, 0) is 37.1 Å². The van der Waals surface area contributed by atoms with Gasteiger partial charge < -0.3 is 14.4 Å². The lowest BCUT2D eigenvalue weighted by Crippen LogP contribution is -2.63. The lowest BCUT2D eigenvalue weighted by Gasteiger charge is -2.36. The molecule has 0 aliphatic carbocycles. The number of aromatic hydroxyl groups is 1. The number of benzene rings is 1. The molecular formula is C13H11F6O6S-. The first-order valence-electron chi connectivity index (χ1n) is 6.52.